The first-order valence-corrected chi connectivity index (χ1v) is 9.49. The van der Waals surface area contributed by atoms with E-state index in [0.717, 1.165) is 24.1 Å². The van der Waals surface area contributed by atoms with E-state index in [1.54, 1.807) is 11.3 Å². The van der Waals surface area contributed by atoms with Crippen molar-refractivity contribution >= 4 is 23.3 Å². The Morgan fingerprint density at radius 1 is 1.33 bits per heavy atom. The molecule has 2 aliphatic rings. The minimum atomic E-state index is -0.733. The number of thiophene rings is 1. The molecule has 2 fully saturated rings. The van der Waals surface area contributed by atoms with E-state index in [-0.39, 0.29) is 17.2 Å². The summed E-state index contributed by atoms with van der Waals surface area (Å²) in [5, 5.41) is 5.01. The molecule has 0 aliphatic heterocycles. The van der Waals surface area contributed by atoms with Crippen LogP contribution in [0.3, 0.4) is 0 Å². The van der Waals surface area contributed by atoms with Crippen molar-refractivity contribution in [3.05, 3.63) is 21.9 Å². The summed E-state index contributed by atoms with van der Waals surface area (Å²) in [4.78, 5) is 24.8. The molecular weight excluding hydrogens is 324 g/mol. The van der Waals surface area contributed by atoms with Gasteiger partial charge in [0.05, 0.1) is 5.56 Å². The van der Waals surface area contributed by atoms with E-state index in [2.05, 4.69) is 26.1 Å². The van der Waals surface area contributed by atoms with E-state index in [9.17, 15) is 9.59 Å². The molecule has 132 valence electrons. The van der Waals surface area contributed by atoms with Crippen LogP contribution in [0.1, 0.15) is 74.0 Å². The standard InChI is InChI=1S/C18H26N2O3S/c1-17(2,3)18(23-16(19)22)9-13(18)14-8-11(10-24-14)15(21)20-12-6-4-5-7-12/h8,10,12-13H,4-7,9H2,1-3H3,(H2,19,22)(H,20,21)/t13-,18+/m0/s1. The molecule has 6 heteroatoms. The van der Waals surface area contributed by atoms with Gasteiger partial charge >= 0.3 is 6.09 Å². The maximum absolute atomic E-state index is 12.4. The van der Waals surface area contributed by atoms with E-state index in [0.29, 0.717) is 11.6 Å². The summed E-state index contributed by atoms with van der Waals surface area (Å²) in [7, 11) is 0. The summed E-state index contributed by atoms with van der Waals surface area (Å²) in [5.74, 6) is 0.116. The molecule has 0 unspecified atom stereocenters. The molecule has 3 N–H and O–H groups in total. The lowest BCUT2D eigenvalue weighted by molar-refractivity contribution is 0.0114. The first-order chi connectivity index (χ1) is 11.2. The number of carbonyl (C=O) groups excluding carboxylic acids is 2. The Bertz CT molecular complexity index is 643. The quantitative estimate of drug-likeness (QED) is 0.867. The van der Waals surface area contributed by atoms with Gasteiger partial charge in [0.1, 0.15) is 5.60 Å². The number of hydrogen-bond donors (Lipinski definition) is 2. The highest BCUT2D eigenvalue weighted by atomic mass is 32.1. The molecule has 1 aromatic heterocycles. The Hall–Kier alpha value is -1.56. The summed E-state index contributed by atoms with van der Waals surface area (Å²) >= 11 is 1.56. The fourth-order valence-electron chi connectivity index (χ4n) is 3.84. The Kier molecular flexibility index (Phi) is 4.36. The maximum Gasteiger partial charge on any atom is 0.405 e. The van der Waals surface area contributed by atoms with Gasteiger partial charge in [-0.1, -0.05) is 33.6 Å². The number of nitrogens with two attached hydrogens (primary N) is 1. The van der Waals surface area contributed by atoms with Crippen molar-refractivity contribution in [2.24, 2.45) is 11.1 Å². The Morgan fingerprint density at radius 3 is 2.58 bits per heavy atom. The predicted octanol–water partition coefficient (Wildman–Crippen LogP) is 3.79. The molecule has 0 saturated heterocycles. The van der Waals surface area contributed by atoms with Crippen LogP contribution in [0.15, 0.2) is 11.4 Å². The number of amides is 2. The van der Waals surface area contributed by atoms with Gasteiger partial charge in [-0.3, -0.25) is 4.79 Å². The van der Waals surface area contributed by atoms with E-state index >= 15 is 0 Å². The Labute approximate surface area is 146 Å². The van der Waals surface area contributed by atoms with Crippen molar-refractivity contribution in [2.75, 3.05) is 0 Å². The third-order valence-electron chi connectivity index (χ3n) is 5.38. The van der Waals surface area contributed by atoms with Gasteiger partial charge in [0.25, 0.3) is 5.91 Å². The third-order valence-corrected chi connectivity index (χ3v) is 6.42. The van der Waals surface area contributed by atoms with Gasteiger partial charge < -0.3 is 15.8 Å². The monoisotopic (exact) mass is 350 g/mol. The smallest absolute Gasteiger partial charge is 0.405 e. The molecule has 2 atom stereocenters. The summed E-state index contributed by atoms with van der Waals surface area (Å²) in [6.45, 7) is 6.16. The summed E-state index contributed by atoms with van der Waals surface area (Å²) in [5.41, 5.74) is 5.21. The molecule has 1 aromatic rings. The summed E-state index contributed by atoms with van der Waals surface area (Å²) < 4.78 is 5.50. The average Bonchev–Trinajstić information content (AvgIpc) is 2.89. The van der Waals surface area contributed by atoms with Crippen LogP contribution in [0.25, 0.3) is 0 Å². The molecule has 0 aromatic carbocycles. The number of hydrogen-bond acceptors (Lipinski definition) is 4. The zero-order chi connectivity index (χ0) is 17.5. The third kappa shape index (κ3) is 3.16. The lowest BCUT2D eigenvalue weighted by atomic mass is 9.84. The van der Waals surface area contributed by atoms with Crippen LogP contribution in [0.2, 0.25) is 0 Å². The number of primary amides is 1. The van der Waals surface area contributed by atoms with Crippen molar-refractivity contribution in [3.63, 3.8) is 0 Å². The highest BCUT2D eigenvalue weighted by Crippen LogP contribution is 2.64. The van der Waals surface area contributed by atoms with E-state index in [4.69, 9.17) is 10.5 Å². The first-order valence-electron chi connectivity index (χ1n) is 8.61. The van der Waals surface area contributed by atoms with Crippen LogP contribution in [0.4, 0.5) is 4.79 Å². The van der Waals surface area contributed by atoms with Gasteiger partial charge in [0.2, 0.25) is 0 Å². The zero-order valence-corrected chi connectivity index (χ0v) is 15.4. The van der Waals surface area contributed by atoms with E-state index in [1.165, 1.54) is 12.8 Å². The van der Waals surface area contributed by atoms with Crippen LogP contribution in [-0.2, 0) is 4.74 Å². The van der Waals surface area contributed by atoms with Crippen molar-refractivity contribution in [3.8, 4) is 0 Å². The van der Waals surface area contributed by atoms with Crippen molar-refractivity contribution < 1.29 is 14.3 Å². The summed E-state index contributed by atoms with van der Waals surface area (Å²) in [6, 6.07) is 2.26. The van der Waals surface area contributed by atoms with E-state index < -0.39 is 11.7 Å². The van der Waals surface area contributed by atoms with Crippen molar-refractivity contribution in [1.29, 1.82) is 0 Å². The minimum absolute atomic E-state index is 0.00206. The largest absolute Gasteiger partial charge is 0.442 e. The molecular formula is C18H26N2O3S. The fraction of sp³-hybridized carbons (Fsp3) is 0.667. The van der Waals surface area contributed by atoms with E-state index in [1.807, 2.05) is 11.4 Å². The van der Waals surface area contributed by atoms with Gasteiger partial charge in [-0.15, -0.1) is 11.3 Å². The van der Waals surface area contributed by atoms with Gasteiger partial charge in [-0.05, 0) is 25.3 Å². The Morgan fingerprint density at radius 2 is 2.00 bits per heavy atom. The molecule has 0 bridgehead atoms. The van der Waals surface area contributed by atoms with Crippen LogP contribution in [0, 0.1) is 5.41 Å². The zero-order valence-electron chi connectivity index (χ0n) is 14.6. The van der Waals surface area contributed by atoms with Crippen LogP contribution < -0.4 is 11.1 Å². The molecule has 24 heavy (non-hydrogen) atoms. The second kappa shape index (κ2) is 6.06. The molecule has 5 nitrogen and oxygen atoms in total. The van der Waals surface area contributed by atoms with Crippen LogP contribution >= 0.6 is 11.3 Å². The van der Waals surface area contributed by atoms with Crippen LogP contribution in [0.5, 0.6) is 0 Å². The van der Waals surface area contributed by atoms with Gasteiger partial charge in [0, 0.05) is 27.6 Å². The number of ether oxygens (including phenoxy) is 1. The lowest BCUT2D eigenvalue weighted by Crippen LogP contribution is -2.37. The minimum Gasteiger partial charge on any atom is -0.442 e. The van der Waals surface area contributed by atoms with Crippen LogP contribution in [-0.4, -0.2) is 23.6 Å². The first kappa shape index (κ1) is 17.3. The average molecular weight is 350 g/mol. The number of nitrogens with one attached hydrogen (secondary N) is 1. The molecule has 2 aliphatic carbocycles. The SMILES string of the molecule is CC(C)(C)[C@@]1(OC(N)=O)C[C@H]1c1cc(C(=O)NC2CCCC2)cs1. The van der Waals surface area contributed by atoms with Gasteiger partial charge in [-0.25, -0.2) is 4.79 Å². The Balaban J connectivity index is 1.71. The molecule has 1 heterocycles. The highest BCUT2D eigenvalue weighted by molar-refractivity contribution is 7.10. The van der Waals surface area contributed by atoms with Gasteiger partial charge in [-0.2, -0.15) is 0 Å². The number of carbonyl (C=O) groups is 2. The molecule has 2 amide bonds. The maximum atomic E-state index is 12.4. The highest BCUT2D eigenvalue weighted by Gasteiger charge is 2.65. The molecule has 0 radical (unpaired) electrons. The molecule has 2 saturated carbocycles. The second-order valence-corrected chi connectivity index (χ2v) is 8.95. The second-order valence-electron chi connectivity index (χ2n) is 8.01. The summed E-state index contributed by atoms with van der Waals surface area (Å²) in [6.07, 6.45) is 4.56. The van der Waals surface area contributed by atoms with Crippen molar-refractivity contribution in [2.45, 2.75) is 70.4 Å². The van der Waals surface area contributed by atoms with Gasteiger partial charge in [0.15, 0.2) is 0 Å². The lowest BCUT2D eigenvalue weighted by Gasteiger charge is -2.31. The van der Waals surface area contributed by atoms with Crippen molar-refractivity contribution in [1.82, 2.24) is 5.32 Å². The topological polar surface area (TPSA) is 81.4 Å². The fourth-order valence-corrected chi connectivity index (χ4v) is 4.91. The molecule has 3 rings (SSSR count). The number of rotatable bonds is 4. The normalized spacial score (nSPS) is 27.0. The predicted molar refractivity (Wildman–Crippen MR) is 94.3 cm³/mol. The molecule has 0 spiro atoms.